The van der Waals surface area contributed by atoms with E-state index in [4.69, 9.17) is 15.2 Å². The largest absolute Gasteiger partial charge is 0.493 e. The van der Waals surface area contributed by atoms with Crippen molar-refractivity contribution >= 4 is 6.02 Å². The van der Waals surface area contributed by atoms with Crippen molar-refractivity contribution in [3.63, 3.8) is 0 Å². The van der Waals surface area contributed by atoms with Gasteiger partial charge in [0.2, 0.25) is 0 Å². The first-order valence-electron chi connectivity index (χ1n) is 6.23. The lowest BCUT2D eigenvalue weighted by Crippen LogP contribution is -2.12. The predicted molar refractivity (Wildman–Crippen MR) is 70.6 cm³/mol. The van der Waals surface area contributed by atoms with Crippen LogP contribution in [0.1, 0.15) is 6.42 Å². The van der Waals surface area contributed by atoms with Gasteiger partial charge in [-0.3, -0.25) is 0 Å². The monoisotopic (exact) mass is 274 g/mol. The molecule has 8 heteroatoms. The van der Waals surface area contributed by atoms with E-state index in [1.807, 2.05) is 24.3 Å². The maximum atomic E-state index is 5.69. The van der Waals surface area contributed by atoms with E-state index in [1.165, 1.54) is 6.33 Å². The summed E-state index contributed by atoms with van der Waals surface area (Å²) in [5, 5.41) is 11.0. The number of amidine groups is 1. The van der Waals surface area contributed by atoms with Gasteiger partial charge in [0.05, 0.1) is 18.3 Å². The van der Waals surface area contributed by atoms with E-state index < -0.39 is 0 Å². The Labute approximate surface area is 115 Å². The van der Waals surface area contributed by atoms with Crippen LogP contribution in [0.5, 0.6) is 5.75 Å². The second kappa shape index (κ2) is 5.55. The molecule has 0 bridgehead atoms. The van der Waals surface area contributed by atoms with Crippen molar-refractivity contribution in [2.24, 2.45) is 10.7 Å². The van der Waals surface area contributed by atoms with E-state index >= 15 is 0 Å². The summed E-state index contributed by atoms with van der Waals surface area (Å²) in [6.45, 7) is 1.07. The van der Waals surface area contributed by atoms with Crippen molar-refractivity contribution in [3.05, 3.63) is 30.6 Å². The smallest absolute Gasteiger partial charge is 0.282 e. The first-order valence-corrected chi connectivity index (χ1v) is 6.23. The highest BCUT2D eigenvalue weighted by Gasteiger charge is 2.16. The quantitative estimate of drug-likeness (QED) is 0.832. The lowest BCUT2D eigenvalue weighted by Gasteiger charge is -2.09. The Bertz CT molecular complexity index is 598. The average molecular weight is 274 g/mol. The van der Waals surface area contributed by atoms with Crippen LogP contribution >= 0.6 is 0 Å². The molecule has 1 unspecified atom stereocenters. The molecule has 0 spiro atoms. The summed E-state index contributed by atoms with van der Waals surface area (Å²) >= 11 is 0. The van der Waals surface area contributed by atoms with Crippen molar-refractivity contribution < 1.29 is 9.47 Å². The maximum absolute atomic E-state index is 5.69. The minimum Gasteiger partial charge on any atom is -0.493 e. The molecular formula is C12H14N6O2. The molecule has 0 amide bonds. The number of tetrazole rings is 1. The van der Waals surface area contributed by atoms with Crippen molar-refractivity contribution in [1.82, 2.24) is 20.2 Å². The van der Waals surface area contributed by atoms with E-state index in [0.29, 0.717) is 13.2 Å². The highest BCUT2D eigenvalue weighted by molar-refractivity contribution is 5.72. The third kappa shape index (κ3) is 2.85. The van der Waals surface area contributed by atoms with Crippen LogP contribution in [0.3, 0.4) is 0 Å². The Morgan fingerprint density at radius 1 is 1.45 bits per heavy atom. The first-order chi connectivity index (χ1) is 9.81. The highest BCUT2D eigenvalue weighted by Crippen LogP contribution is 2.16. The third-order valence-corrected chi connectivity index (χ3v) is 2.88. The summed E-state index contributed by atoms with van der Waals surface area (Å²) in [4.78, 5) is 4.14. The lowest BCUT2D eigenvalue weighted by molar-refractivity contribution is 0.263. The summed E-state index contributed by atoms with van der Waals surface area (Å²) in [7, 11) is 0. The molecule has 1 aliphatic rings. The third-order valence-electron chi connectivity index (χ3n) is 2.88. The van der Waals surface area contributed by atoms with E-state index in [2.05, 4.69) is 20.5 Å². The van der Waals surface area contributed by atoms with Crippen LogP contribution in [0.4, 0.5) is 0 Å². The van der Waals surface area contributed by atoms with E-state index in [9.17, 15) is 0 Å². The van der Waals surface area contributed by atoms with Gasteiger partial charge < -0.3 is 15.2 Å². The first kappa shape index (κ1) is 12.4. The molecule has 3 rings (SSSR count). The number of nitrogens with two attached hydrogens (primary N) is 1. The van der Waals surface area contributed by atoms with Crippen LogP contribution in [0, 0.1) is 0 Å². The van der Waals surface area contributed by atoms with E-state index in [1.54, 1.807) is 4.68 Å². The van der Waals surface area contributed by atoms with Crippen LogP contribution in [0.25, 0.3) is 5.69 Å². The van der Waals surface area contributed by atoms with Crippen LogP contribution in [-0.2, 0) is 4.74 Å². The standard InChI is InChI=1S/C12H14N6O2/c13-12-15-9(7-20-12)4-5-19-11-3-1-2-10(6-11)18-8-14-16-17-18/h1-3,6,8-9H,4-5,7H2,(H2,13,15). The molecule has 104 valence electrons. The molecule has 2 heterocycles. The average Bonchev–Trinajstić information content (AvgIpc) is 3.11. The number of hydrogen-bond acceptors (Lipinski definition) is 7. The Morgan fingerprint density at radius 2 is 2.40 bits per heavy atom. The van der Waals surface area contributed by atoms with Crippen molar-refractivity contribution in [1.29, 1.82) is 0 Å². The number of nitrogens with zero attached hydrogens (tertiary/aromatic N) is 5. The Morgan fingerprint density at radius 3 is 3.15 bits per heavy atom. The minimum absolute atomic E-state index is 0.0812. The highest BCUT2D eigenvalue weighted by atomic mass is 16.5. The van der Waals surface area contributed by atoms with Crippen LogP contribution in [-0.4, -0.2) is 45.5 Å². The summed E-state index contributed by atoms with van der Waals surface area (Å²) in [6, 6.07) is 7.89. The molecule has 0 saturated heterocycles. The summed E-state index contributed by atoms with van der Waals surface area (Å²) < 4.78 is 12.3. The molecule has 1 aliphatic heterocycles. The number of ether oxygens (including phenoxy) is 2. The molecule has 0 radical (unpaired) electrons. The lowest BCUT2D eigenvalue weighted by atomic mass is 10.2. The zero-order valence-electron chi connectivity index (χ0n) is 10.7. The fourth-order valence-corrected chi connectivity index (χ4v) is 1.89. The van der Waals surface area contributed by atoms with Crippen molar-refractivity contribution in [2.75, 3.05) is 13.2 Å². The number of aliphatic imine (C=N–C) groups is 1. The van der Waals surface area contributed by atoms with E-state index in [0.717, 1.165) is 17.9 Å². The number of aromatic nitrogens is 4. The van der Waals surface area contributed by atoms with Gasteiger partial charge >= 0.3 is 0 Å². The van der Waals surface area contributed by atoms with Gasteiger partial charge in [-0.25, -0.2) is 9.67 Å². The molecule has 0 saturated carbocycles. The van der Waals surface area contributed by atoms with Gasteiger partial charge in [0.15, 0.2) is 0 Å². The van der Waals surface area contributed by atoms with Crippen LogP contribution < -0.4 is 10.5 Å². The summed E-state index contributed by atoms with van der Waals surface area (Å²) in [6.07, 6.45) is 2.29. The fourth-order valence-electron chi connectivity index (χ4n) is 1.89. The molecule has 0 fully saturated rings. The SMILES string of the molecule is NC1=NC(CCOc2cccc(-n3cnnn3)c2)CO1. The van der Waals surface area contributed by atoms with Gasteiger partial charge in [-0.2, -0.15) is 0 Å². The van der Waals surface area contributed by atoms with Gasteiger partial charge in [-0.15, -0.1) is 5.10 Å². The molecule has 8 nitrogen and oxygen atoms in total. The second-order valence-corrected chi connectivity index (χ2v) is 4.32. The molecule has 2 N–H and O–H groups in total. The fraction of sp³-hybridized carbons (Fsp3) is 0.333. The maximum Gasteiger partial charge on any atom is 0.282 e. The van der Waals surface area contributed by atoms with Crippen molar-refractivity contribution in [3.8, 4) is 11.4 Å². The zero-order valence-corrected chi connectivity index (χ0v) is 10.7. The Balaban J connectivity index is 1.57. The predicted octanol–water partition coefficient (Wildman–Crippen LogP) is 0.145. The molecule has 1 aromatic carbocycles. The normalized spacial score (nSPS) is 17.6. The number of benzene rings is 1. The van der Waals surface area contributed by atoms with E-state index in [-0.39, 0.29) is 12.1 Å². The zero-order chi connectivity index (χ0) is 13.8. The Kier molecular flexibility index (Phi) is 3.44. The molecule has 2 aromatic rings. The van der Waals surface area contributed by atoms with Crippen LogP contribution in [0.2, 0.25) is 0 Å². The molecule has 1 aromatic heterocycles. The minimum atomic E-state index is 0.0812. The van der Waals surface area contributed by atoms with Crippen molar-refractivity contribution in [2.45, 2.75) is 12.5 Å². The van der Waals surface area contributed by atoms with Gasteiger partial charge in [0.1, 0.15) is 18.7 Å². The summed E-state index contributed by atoms with van der Waals surface area (Å²) in [5.41, 5.74) is 6.29. The van der Waals surface area contributed by atoms with Gasteiger partial charge in [0.25, 0.3) is 6.02 Å². The van der Waals surface area contributed by atoms with Gasteiger partial charge in [-0.1, -0.05) is 6.07 Å². The topological polar surface area (TPSA) is 100 Å². The summed E-state index contributed by atoms with van der Waals surface area (Å²) in [5.74, 6) is 0.758. The second-order valence-electron chi connectivity index (χ2n) is 4.32. The van der Waals surface area contributed by atoms with Crippen LogP contribution in [0.15, 0.2) is 35.6 Å². The number of rotatable bonds is 5. The Hall–Kier alpha value is -2.64. The number of hydrogen-bond donors (Lipinski definition) is 1. The molecular weight excluding hydrogens is 260 g/mol. The molecule has 20 heavy (non-hydrogen) atoms. The molecule has 0 aliphatic carbocycles. The van der Waals surface area contributed by atoms with Gasteiger partial charge in [0, 0.05) is 12.5 Å². The molecule has 1 atom stereocenters. The van der Waals surface area contributed by atoms with Gasteiger partial charge in [-0.05, 0) is 22.6 Å².